The summed E-state index contributed by atoms with van der Waals surface area (Å²) < 4.78 is 5.78. The molecule has 0 spiro atoms. The molecule has 0 aliphatic heterocycles. The van der Waals surface area contributed by atoms with E-state index in [1.54, 1.807) is 18.2 Å². The van der Waals surface area contributed by atoms with Crippen LogP contribution in [0.15, 0.2) is 59.1 Å². The van der Waals surface area contributed by atoms with Crippen molar-refractivity contribution in [1.82, 2.24) is 5.32 Å². The SMILES string of the molecule is O=C(COC(=O)c1cccc(Br)c1)NCCCc1ccccc1. The fraction of sp³-hybridized carbons (Fsp3) is 0.222. The van der Waals surface area contributed by atoms with Crippen LogP contribution in [0.4, 0.5) is 0 Å². The molecule has 0 saturated heterocycles. The Balaban J connectivity index is 1.64. The lowest BCUT2D eigenvalue weighted by Crippen LogP contribution is -2.29. The first-order valence-corrected chi connectivity index (χ1v) is 8.18. The number of hydrogen-bond acceptors (Lipinski definition) is 3. The molecule has 23 heavy (non-hydrogen) atoms. The summed E-state index contributed by atoms with van der Waals surface area (Å²) in [5, 5.41) is 2.75. The van der Waals surface area contributed by atoms with E-state index in [-0.39, 0.29) is 12.5 Å². The van der Waals surface area contributed by atoms with E-state index in [9.17, 15) is 9.59 Å². The van der Waals surface area contributed by atoms with Gasteiger partial charge in [0.25, 0.3) is 5.91 Å². The van der Waals surface area contributed by atoms with E-state index in [2.05, 4.69) is 33.4 Å². The van der Waals surface area contributed by atoms with Crippen LogP contribution in [0.1, 0.15) is 22.3 Å². The smallest absolute Gasteiger partial charge is 0.338 e. The summed E-state index contributed by atoms with van der Waals surface area (Å²) in [6, 6.07) is 16.9. The average Bonchev–Trinajstić information content (AvgIpc) is 2.57. The van der Waals surface area contributed by atoms with Crippen LogP contribution in [-0.4, -0.2) is 25.0 Å². The van der Waals surface area contributed by atoms with Crippen LogP contribution in [-0.2, 0) is 16.0 Å². The average molecular weight is 376 g/mol. The van der Waals surface area contributed by atoms with Crippen LogP contribution in [0, 0.1) is 0 Å². The highest BCUT2D eigenvalue weighted by atomic mass is 79.9. The van der Waals surface area contributed by atoms with Crippen LogP contribution >= 0.6 is 15.9 Å². The lowest BCUT2D eigenvalue weighted by Gasteiger charge is -2.07. The summed E-state index contributed by atoms with van der Waals surface area (Å²) in [5.41, 5.74) is 1.65. The van der Waals surface area contributed by atoms with Crippen molar-refractivity contribution in [1.29, 1.82) is 0 Å². The largest absolute Gasteiger partial charge is 0.452 e. The van der Waals surface area contributed by atoms with Crippen molar-refractivity contribution >= 4 is 27.8 Å². The Morgan fingerprint density at radius 2 is 1.83 bits per heavy atom. The molecule has 0 aromatic heterocycles. The fourth-order valence-electron chi connectivity index (χ4n) is 2.05. The molecule has 0 fully saturated rings. The van der Waals surface area contributed by atoms with Crippen molar-refractivity contribution in [3.8, 4) is 0 Å². The van der Waals surface area contributed by atoms with E-state index in [0.29, 0.717) is 12.1 Å². The first kappa shape index (κ1) is 17.2. The number of benzene rings is 2. The molecule has 4 nitrogen and oxygen atoms in total. The highest BCUT2D eigenvalue weighted by molar-refractivity contribution is 9.10. The van der Waals surface area contributed by atoms with E-state index in [0.717, 1.165) is 17.3 Å². The summed E-state index contributed by atoms with van der Waals surface area (Å²) in [7, 11) is 0. The second-order valence-electron chi connectivity index (χ2n) is 5.03. The molecule has 0 aliphatic rings. The van der Waals surface area contributed by atoms with Crippen LogP contribution in [0.5, 0.6) is 0 Å². The molecule has 0 atom stereocenters. The molecular formula is C18H18BrNO3. The van der Waals surface area contributed by atoms with Gasteiger partial charge in [-0.3, -0.25) is 4.79 Å². The van der Waals surface area contributed by atoms with E-state index < -0.39 is 5.97 Å². The number of ether oxygens (including phenoxy) is 1. The van der Waals surface area contributed by atoms with Gasteiger partial charge >= 0.3 is 5.97 Å². The third-order valence-electron chi connectivity index (χ3n) is 3.20. The number of esters is 1. The molecule has 0 bridgehead atoms. The minimum Gasteiger partial charge on any atom is -0.452 e. The Morgan fingerprint density at radius 1 is 1.04 bits per heavy atom. The van der Waals surface area contributed by atoms with E-state index in [4.69, 9.17) is 4.74 Å². The zero-order valence-electron chi connectivity index (χ0n) is 12.6. The summed E-state index contributed by atoms with van der Waals surface area (Å²) in [6.07, 6.45) is 1.74. The maximum atomic E-state index is 11.8. The van der Waals surface area contributed by atoms with Gasteiger partial charge in [-0.15, -0.1) is 0 Å². The van der Waals surface area contributed by atoms with Crippen molar-refractivity contribution in [2.45, 2.75) is 12.8 Å². The molecule has 2 aromatic carbocycles. The van der Waals surface area contributed by atoms with Gasteiger partial charge < -0.3 is 10.1 Å². The van der Waals surface area contributed by atoms with Crippen LogP contribution < -0.4 is 5.32 Å². The zero-order chi connectivity index (χ0) is 16.5. The number of hydrogen-bond donors (Lipinski definition) is 1. The molecular weight excluding hydrogens is 358 g/mol. The van der Waals surface area contributed by atoms with Gasteiger partial charge in [-0.2, -0.15) is 0 Å². The van der Waals surface area contributed by atoms with Gasteiger partial charge in [-0.1, -0.05) is 52.3 Å². The lowest BCUT2D eigenvalue weighted by atomic mass is 10.1. The second kappa shape index (κ2) is 9.10. The topological polar surface area (TPSA) is 55.4 Å². The highest BCUT2D eigenvalue weighted by Gasteiger charge is 2.10. The van der Waals surface area contributed by atoms with Gasteiger partial charge in [0.15, 0.2) is 6.61 Å². The summed E-state index contributed by atoms with van der Waals surface area (Å²) in [6.45, 7) is 0.291. The molecule has 1 N–H and O–H groups in total. The minimum absolute atomic E-state index is 0.267. The summed E-state index contributed by atoms with van der Waals surface area (Å²) in [4.78, 5) is 23.5. The maximum absolute atomic E-state index is 11.8. The monoisotopic (exact) mass is 375 g/mol. The first-order chi connectivity index (χ1) is 11.1. The number of carbonyl (C=O) groups excluding carboxylic acids is 2. The Labute approximate surface area is 144 Å². The number of rotatable bonds is 7. The zero-order valence-corrected chi connectivity index (χ0v) is 14.2. The maximum Gasteiger partial charge on any atom is 0.338 e. The fourth-order valence-corrected chi connectivity index (χ4v) is 2.45. The van der Waals surface area contributed by atoms with Gasteiger partial charge in [-0.25, -0.2) is 4.79 Å². The number of aryl methyl sites for hydroxylation is 1. The highest BCUT2D eigenvalue weighted by Crippen LogP contribution is 2.12. The van der Waals surface area contributed by atoms with Crippen LogP contribution in [0.25, 0.3) is 0 Å². The Bertz CT molecular complexity index is 658. The summed E-state index contributed by atoms with van der Waals surface area (Å²) >= 11 is 3.28. The number of carbonyl (C=O) groups is 2. The van der Waals surface area contributed by atoms with Crippen molar-refractivity contribution < 1.29 is 14.3 Å². The van der Waals surface area contributed by atoms with Gasteiger partial charge in [-0.05, 0) is 36.6 Å². The molecule has 1 amide bonds. The van der Waals surface area contributed by atoms with E-state index >= 15 is 0 Å². The van der Waals surface area contributed by atoms with E-state index in [1.165, 1.54) is 5.56 Å². The third-order valence-corrected chi connectivity index (χ3v) is 3.70. The van der Waals surface area contributed by atoms with Gasteiger partial charge in [0.1, 0.15) is 0 Å². The van der Waals surface area contributed by atoms with Gasteiger partial charge in [0.05, 0.1) is 5.56 Å². The molecule has 120 valence electrons. The van der Waals surface area contributed by atoms with Gasteiger partial charge in [0.2, 0.25) is 0 Å². The Hall–Kier alpha value is -2.14. The van der Waals surface area contributed by atoms with Crippen LogP contribution in [0.3, 0.4) is 0 Å². The number of amides is 1. The first-order valence-electron chi connectivity index (χ1n) is 7.38. The van der Waals surface area contributed by atoms with E-state index in [1.807, 2.05) is 24.3 Å². The standard InChI is InChI=1S/C18H18BrNO3/c19-16-10-4-9-15(12-16)18(22)23-13-17(21)20-11-5-8-14-6-2-1-3-7-14/h1-4,6-7,9-10,12H,5,8,11,13H2,(H,20,21). The normalized spacial score (nSPS) is 10.1. The molecule has 5 heteroatoms. The van der Waals surface area contributed by atoms with Crippen LogP contribution in [0.2, 0.25) is 0 Å². The van der Waals surface area contributed by atoms with Crippen molar-refractivity contribution in [3.63, 3.8) is 0 Å². The van der Waals surface area contributed by atoms with Crippen molar-refractivity contribution in [2.75, 3.05) is 13.2 Å². The lowest BCUT2D eigenvalue weighted by molar-refractivity contribution is -0.124. The van der Waals surface area contributed by atoms with Crippen molar-refractivity contribution in [3.05, 3.63) is 70.2 Å². The predicted octanol–water partition coefficient (Wildman–Crippen LogP) is 3.35. The molecule has 0 saturated carbocycles. The Kier molecular flexibility index (Phi) is 6.81. The molecule has 0 heterocycles. The Morgan fingerprint density at radius 3 is 2.57 bits per heavy atom. The second-order valence-corrected chi connectivity index (χ2v) is 5.94. The number of halogens is 1. The molecule has 0 radical (unpaired) electrons. The molecule has 2 rings (SSSR count). The minimum atomic E-state index is -0.509. The van der Waals surface area contributed by atoms with Gasteiger partial charge in [0, 0.05) is 11.0 Å². The quantitative estimate of drug-likeness (QED) is 0.596. The molecule has 2 aromatic rings. The van der Waals surface area contributed by atoms with Crippen molar-refractivity contribution in [2.24, 2.45) is 0 Å². The molecule has 0 unspecified atom stereocenters. The predicted molar refractivity (Wildman–Crippen MR) is 92.2 cm³/mol. The number of nitrogens with one attached hydrogen (secondary N) is 1. The summed E-state index contributed by atoms with van der Waals surface area (Å²) in [5.74, 6) is -0.799. The third kappa shape index (κ3) is 6.24. The molecule has 0 aliphatic carbocycles.